The molecule has 0 heterocycles. The molecular weight excluding hydrogens is 398 g/mol. The van der Waals surface area contributed by atoms with Crippen molar-refractivity contribution in [2.45, 2.75) is 11.5 Å². The zero-order chi connectivity index (χ0) is 19.5. The van der Waals surface area contributed by atoms with Gasteiger partial charge in [0.1, 0.15) is 5.75 Å². The van der Waals surface area contributed by atoms with Crippen molar-refractivity contribution >= 4 is 33.0 Å². The molecule has 0 radical (unpaired) electrons. The van der Waals surface area contributed by atoms with Gasteiger partial charge in [0.15, 0.2) is 5.75 Å². The van der Waals surface area contributed by atoms with E-state index < -0.39 is 32.1 Å². The number of ether oxygens (including phenoxy) is 2. The molecule has 0 amide bonds. The standard InChI is InChI=1S/C14H11ClF2N2O6S/c1-24-13-5-3-9(7-11(13)19(20)21)26(22,23)18-8-2-4-12(10(15)6-8)25-14(16)17/h2-7,14,18H,1H3. The monoisotopic (exact) mass is 408 g/mol. The second-order valence-electron chi connectivity index (χ2n) is 4.72. The Balaban J connectivity index is 2.33. The third-order valence-corrected chi connectivity index (χ3v) is 4.73. The summed E-state index contributed by atoms with van der Waals surface area (Å²) < 4.78 is 60.3. The minimum absolute atomic E-state index is 0.0462. The summed E-state index contributed by atoms with van der Waals surface area (Å²) in [4.78, 5) is 9.83. The average Bonchev–Trinajstić information content (AvgIpc) is 2.56. The van der Waals surface area contributed by atoms with Gasteiger partial charge in [-0.05, 0) is 30.3 Å². The third-order valence-electron chi connectivity index (χ3n) is 3.06. The lowest BCUT2D eigenvalue weighted by Gasteiger charge is -2.11. The van der Waals surface area contributed by atoms with Crippen LogP contribution >= 0.6 is 11.6 Å². The molecule has 0 aliphatic rings. The van der Waals surface area contributed by atoms with Crippen LogP contribution in [0.25, 0.3) is 0 Å². The van der Waals surface area contributed by atoms with Crippen LogP contribution in [0.15, 0.2) is 41.3 Å². The predicted octanol–water partition coefficient (Wildman–Crippen LogP) is 3.66. The molecule has 2 rings (SSSR count). The number of alkyl halides is 2. The highest BCUT2D eigenvalue weighted by atomic mass is 35.5. The van der Waals surface area contributed by atoms with Gasteiger partial charge in [0, 0.05) is 6.07 Å². The number of nitrogens with zero attached hydrogens (tertiary/aromatic N) is 1. The number of nitro groups is 1. The fourth-order valence-corrected chi connectivity index (χ4v) is 3.24. The summed E-state index contributed by atoms with van der Waals surface area (Å²) in [6.45, 7) is -3.09. The second-order valence-corrected chi connectivity index (χ2v) is 6.81. The Bertz CT molecular complexity index is 939. The summed E-state index contributed by atoms with van der Waals surface area (Å²) in [7, 11) is -3.00. The number of anilines is 1. The molecule has 2 aromatic rings. The SMILES string of the molecule is COc1ccc(S(=O)(=O)Nc2ccc(OC(F)F)c(Cl)c2)cc1[N+](=O)[O-]. The van der Waals surface area contributed by atoms with Crippen molar-refractivity contribution in [2.75, 3.05) is 11.8 Å². The highest BCUT2D eigenvalue weighted by Gasteiger charge is 2.22. The molecule has 1 N–H and O–H groups in total. The minimum Gasteiger partial charge on any atom is -0.490 e. The number of hydrogen-bond acceptors (Lipinski definition) is 6. The number of nitrogens with one attached hydrogen (secondary N) is 1. The van der Waals surface area contributed by atoms with Crippen molar-refractivity contribution in [3.63, 3.8) is 0 Å². The average molecular weight is 409 g/mol. The van der Waals surface area contributed by atoms with Crippen LogP contribution in [0.2, 0.25) is 5.02 Å². The molecule has 8 nitrogen and oxygen atoms in total. The molecule has 0 saturated carbocycles. The fourth-order valence-electron chi connectivity index (χ4n) is 1.95. The van der Waals surface area contributed by atoms with Crippen molar-refractivity contribution in [2.24, 2.45) is 0 Å². The smallest absolute Gasteiger partial charge is 0.387 e. The van der Waals surface area contributed by atoms with Gasteiger partial charge in [-0.25, -0.2) is 8.42 Å². The Morgan fingerprint density at radius 3 is 2.38 bits per heavy atom. The van der Waals surface area contributed by atoms with Crippen LogP contribution in [0.1, 0.15) is 0 Å². The predicted molar refractivity (Wildman–Crippen MR) is 88.5 cm³/mol. The highest BCUT2D eigenvalue weighted by Crippen LogP contribution is 2.32. The summed E-state index contributed by atoms with van der Waals surface area (Å²) >= 11 is 5.76. The first kappa shape index (κ1) is 19.7. The maximum Gasteiger partial charge on any atom is 0.387 e. The largest absolute Gasteiger partial charge is 0.490 e. The van der Waals surface area contributed by atoms with Gasteiger partial charge in [-0.2, -0.15) is 8.78 Å². The van der Waals surface area contributed by atoms with Gasteiger partial charge in [0.05, 0.1) is 27.6 Å². The number of hydrogen-bond donors (Lipinski definition) is 1. The maximum absolute atomic E-state index is 12.4. The van der Waals surface area contributed by atoms with E-state index in [2.05, 4.69) is 9.46 Å². The van der Waals surface area contributed by atoms with Gasteiger partial charge >= 0.3 is 12.3 Å². The molecule has 2 aromatic carbocycles. The van der Waals surface area contributed by atoms with E-state index >= 15 is 0 Å². The van der Waals surface area contributed by atoms with Gasteiger partial charge in [-0.15, -0.1) is 0 Å². The molecule has 0 atom stereocenters. The fraction of sp³-hybridized carbons (Fsp3) is 0.143. The Labute approximate surface area is 151 Å². The van der Waals surface area contributed by atoms with E-state index in [4.69, 9.17) is 16.3 Å². The van der Waals surface area contributed by atoms with Crippen LogP contribution in [-0.4, -0.2) is 27.1 Å². The lowest BCUT2D eigenvalue weighted by atomic mass is 10.3. The van der Waals surface area contributed by atoms with Crippen LogP contribution < -0.4 is 14.2 Å². The zero-order valence-electron chi connectivity index (χ0n) is 13.0. The second kappa shape index (κ2) is 7.70. The van der Waals surface area contributed by atoms with Crippen molar-refractivity contribution < 1.29 is 31.6 Å². The molecular formula is C14H11ClF2N2O6S. The first-order chi connectivity index (χ1) is 12.1. The lowest BCUT2D eigenvalue weighted by molar-refractivity contribution is -0.386. The number of benzene rings is 2. The van der Waals surface area contributed by atoms with Crippen LogP contribution in [0, 0.1) is 10.1 Å². The normalized spacial score (nSPS) is 11.3. The Morgan fingerprint density at radius 2 is 1.85 bits per heavy atom. The van der Waals surface area contributed by atoms with Crippen molar-refractivity contribution in [3.8, 4) is 11.5 Å². The highest BCUT2D eigenvalue weighted by molar-refractivity contribution is 7.92. The summed E-state index contributed by atoms with van der Waals surface area (Å²) in [6, 6.07) is 6.36. The van der Waals surface area contributed by atoms with Gasteiger partial charge in [-0.1, -0.05) is 11.6 Å². The van der Waals surface area contributed by atoms with E-state index in [1.54, 1.807) is 0 Å². The topological polar surface area (TPSA) is 108 Å². The molecule has 0 aliphatic heterocycles. The van der Waals surface area contributed by atoms with E-state index in [1.807, 2.05) is 0 Å². The minimum atomic E-state index is -4.20. The third kappa shape index (κ3) is 4.49. The van der Waals surface area contributed by atoms with E-state index in [0.717, 1.165) is 36.4 Å². The number of halogens is 3. The maximum atomic E-state index is 12.4. The molecule has 0 unspecified atom stereocenters. The first-order valence-electron chi connectivity index (χ1n) is 6.73. The number of methoxy groups -OCH3 is 1. The Morgan fingerprint density at radius 1 is 1.19 bits per heavy atom. The number of rotatable bonds is 7. The summed E-state index contributed by atoms with van der Waals surface area (Å²) in [5.41, 5.74) is -0.579. The summed E-state index contributed by atoms with van der Waals surface area (Å²) in [6.07, 6.45) is 0. The Kier molecular flexibility index (Phi) is 5.83. The van der Waals surface area contributed by atoms with Crippen LogP contribution in [-0.2, 0) is 10.0 Å². The molecule has 0 aliphatic carbocycles. The molecule has 0 spiro atoms. The van der Waals surface area contributed by atoms with Gasteiger partial charge in [-0.3, -0.25) is 14.8 Å². The summed E-state index contributed by atoms with van der Waals surface area (Å²) in [5.74, 6) is -0.435. The summed E-state index contributed by atoms with van der Waals surface area (Å²) in [5, 5.41) is 10.8. The van der Waals surface area contributed by atoms with Crippen molar-refractivity contribution in [1.82, 2.24) is 0 Å². The van der Waals surface area contributed by atoms with E-state index in [-0.39, 0.29) is 22.2 Å². The molecule has 0 aromatic heterocycles. The molecule has 0 bridgehead atoms. The van der Waals surface area contributed by atoms with Gasteiger partial charge in [0.2, 0.25) is 0 Å². The quantitative estimate of drug-likeness (QED) is 0.553. The number of sulfonamides is 1. The van der Waals surface area contributed by atoms with Gasteiger partial charge < -0.3 is 9.47 Å². The van der Waals surface area contributed by atoms with Crippen LogP contribution in [0.3, 0.4) is 0 Å². The van der Waals surface area contributed by atoms with Crippen molar-refractivity contribution in [3.05, 3.63) is 51.5 Å². The molecule has 26 heavy (non-hydrogen) atoms. The zero-order valence-corrected chi connectivity index (χ0v) is 14.6. The number of nitro benzene ring substituents is 1. The van der Waals surface area contributed by atoms with Crippen LogP contribution in [0.4, 0.5) is 20.2 Å². The molecule has 0 saturated heterocycles. The van der Waals surface area contributed by atoms with Crippen molar-refractivity contribution in [1.29, 1.82) is 0 Å². The Hall–Kier alpha value is -2.66. The molecule has 140 valence electrons. The molecule has 12 heteroatoms. The van der Waals surface area contributed by atoms with Crippen LogP contribution in [0.5, 0.6) is 11.5 Å². The van der Waals surface area contributed by atoms with E-state index in [0.29, 0.717) is 0 Å². The molecule has 0 fully saturated rings. The van der Waals surface area contributed by atoms with E-state index in [1.165, 1.54) is 7.11 Å². The van der Waals surface area contributed by atoms with E-state index in [9.17, 15) is 27.3 Å². The lowest BCUT2D eigenvalue weighted by Crippen LogP contribution is -2.13. The first-order valence-corrected chi connectivity index (χ1v) is 8.60. The van der Waals surface area contributed by atoms with Gasteiger partial charge in [0.25, 0.3) is 10.0 Å².